The molecule has 0 radical (unpaired) electrons. The van der Waals surface area contributed by atoms with Crippen LogP contribution in [0.25, 0.3) is 5.82 Å². The highest BCUT2D eigenvalue weighted by molar-refractivity contribution is 6.21. The van der Waals surface area contributed by atoms with Crippen molar-refractivity contribution in [3.05, 3.63) is 65.6 Å². The summed E-state index contributed by atoms with van der Waals surface area (Å²) >= 11 is 0. The predicted molar refractivity (Wildman–Crippen MR) is 118 cm³/mol. The van der Waals surface area contributed by atoms with Gasteiger partial charge in [-0.15, -0.1) is 5.10 Å². The van der Waals surface area contributed by atoms with E-state index in [0.29, 0.717) is 29.9 Å². The second-order valence-electron chi connectivity index (χ2n) is 8.45. The molecule has 3 unspecified atom stereocenters. The van der Waals surface area contributed by atoms with Gasteiger partial charge in [-0.1, -0.05) is 12.1 Å². The molecule has 34 heavy (non-hydrogen) atoms. The summed E-state index contributed by atoms with van der Waals surface area (Å²) in [6.07, 6.45) is 4.17. The van der Waals surface area contributed by atoms with Crippen LogP contribution in [-0.4, -0.2) is 77.6 Å². The topological polar surface area (TPSA) is 123 Å². The molecule has 1 saturated heterocycles. The van der Waals surface area contributed by atoms with Gasteiger partial charge < -0.3 is 9.64 Å². The number of nitrogens with zero attached hydrogens (tertiary/aromatic N) is 7. The van der Waals surface area contributed by atoms with Crippen LogP contribution >= 0.6 is 0 Å². The number of ether oxygens (including phenoxy) is 1. The standard InChI is InChI=1S/C23H23N7O4/c1-13-10-28(11-14(2)34-13)23(33)19-26-12-29(27-19)20-18(24-8-9-25-20)15(3)30-21(31)16-6-4-5-7-17(16)22(30)32/h4-9,12-15H,10-11H2,1-3H3. The van der Waals surface area contributed by atoms with Crippen molar-refractivity contribution < 1.29 is 19.1 Å². The van der Waals surface area contributed by atoms with Gasteiger partial charge in [-0.05, 0) is 32.9 Å². The maximum Gasteiger partial charge on any atom is 0.293 e. The van der Waals surface area contributed by atoms with Crippen molar-refractivity contribution in [2.75, 3.05) is 13.1 Å². The number of imide groups is 1. The first-order valence-corrected chi connectivity index (χ1v) is 11.0. The number of fused-ring (bicyclic) bond motifs is 1. The maximum absolute atomic E-state index is 13.0. The zero-order chi connectivity index (χ0) is 24.0. The number of morpholine rings is 1. The number of carbonyl (C=O) groups is 3. The molecular weight excluding hydrogens is 438 g/mol. The molecule has 2 aliphatic heterocycles. The maximum atomic E-state index is 13.0. The average molecular weight is 461 g/mol. The van der Waals surface area contributed by atoms with Crippen molar-refractivity contribution in [3.63, 3.8) is 0 Å². The highest BCUT2D eigenvalue weighted by Crippen LogP contribution is 2.31. The van der Waals surface area contributed by atoms with Gasteiger partial charge in [0.1, 0.15) is 12.0 Å². The molecular formula is C23H23N7O4. The Hall–Kier alpha value is -3.99. The first-order chi connectivity index (χ1) is 16.3. The Labute approximate surface area is 195 Å². The van der Waals surface area contributed by atoms with E-state index in [9.17, 15) is 14.4 Å². The van der Waals surface area contributed by atoms with Gasteiger partial charge >= 0.3 is 0 Å². The fourth-order valence-corrected chi connectivity index (χ4v) is 4.44. The highest BCUT2D eigenvalue weighted by atomic mass is 16.5. The average Bonchev–Trinajstić information content (AvgIpc) is 3.41. The van der Waals surface area contributed by atoms with E-state index in [4.69, 9.17) is 4.74 Å². The van der Waals surface area contributed by atoms with Crippen LogP contribution in [0.15, 0.2) is 43.0 Å². The molecule has 11 heteroatoms. The smallest absolute Gasteiger partial charge is 0.293 e. The Bertz CT molecular complexity index is 1240. The molecule has 0 N–H and O–H groups in total. The fraction of sp³-hybridized carbons (Fsp3) is 0.348. The summed E-state index contributed by atoms with van der Waals surface area (Å²) in [6.45, 7) is 6.42. The highest BCUT2D eigenvalue weighted by Gasteiger charge is 2.40. The van der Waals surface area contributed by atoms with Crippen molar-refractivity contribution in [1.82, 2.24) is 34.5 Å². The van der Waals surface area contributed by atoms with Gasteiger partial charge in [0.2, 0.25) is 5.82 Å². The lowest BCUT2D eigenvalue weighted by Gasteiger charge is -2.34. The number of carbonyl (C=O) groups excluding carboxylic acids is 3. The van der Waals surface area contributed by atoms with E-state index >= 15 is 0 Å². The van der Waals surface area contributed by atoms with Crippen LogP contribution in [0.2, 0.25) is 0 Å². The lowest BCUT2D eigenvalue weighted by Crippen LogP contribution is -2.48. The molecule has 0 bridgehead atoms. The second kappa shape index (κ2) is 8.41. The summed E-state index contributed by atoms with van der Waals surface area (Å²) in [5.41, 5.74) is 1.06. The van der Waals surface area contributed by atoms with E-state index in [1.54, 1.807) is 36.1 Å². The molecule has 0 aliphatic carbocycles. The SMILES string of the molecule is CC1CN(C(=O)c2ncn(-c3nccnc3C(C)N3C(=O)c4ccccc4C3=O)n2)CC(C)O1. The largest absolute Gasteiger partial charge is 0.372 e. The first-order valence-electron chi connectivity index (χ1n) is 11.0. The Balaban J connectivity index is 1.44. The summed E-state index contributed by atoms with van der Waals surface area (Å²) in [4.78, 5) is 54.6. The van der Waals surface area contributed by atoms with Crippen molar-refractivity contribution in [2.24, 2.45) is 0 Å². The van der Waals surface area contributed by atoms with Crippen molar-refractivity contribution in [2.45, 2.75) is 39.0 Å². The normalized spacial score (nSPS) is 21.0. The molecule has 2 aromatic heterocycles. The predicted octanol–water partition coefficient (Wildman–Crippen LogP) is 1.66. The zero-order valence-corrected chi connectivity index (χ0v) is 19.0. The van der Waals surface area contributed by atoms with E-state index in [0.717, 1.165) is 4.90 Å². The fourth-order valence-electron chi connectivity index (χ4n) is 4.44. The van der Waals surface area contributed by atoms with Crippen LogP contribution in [0.3, 0.4) is 0 Å². The Morgan fingerprint density at radius 3 is 2.26 bits per heavy atom. The lowest BCUT2D eigenvalue weighted by molar-refractivity contribution is -0.0588. The minimum Gasteiger partial charge on any atom is -0.372 e. The molecule has 3 amide bonds. The van der Waals surface area contributed by atoms with E-state index < -0.39 is 17.9 Å². The van der Waals surface area contributed by atoms with Crippen LogP contribution < -0.4 is 0 Å². The molecule has 1 fully saturated rings. The minimum absolute atomic E-state index is 0.0197. The van der Waals surface area contributed by atoms with Crippen LogP contribution in [0.1, 0.15) is 63.8 Å². The number of amides is 3. The molecule has 174 valence electrons. The van der Waals surface area contributed by atoms with Crippen molar-refractivity contribution in [1.29, 1.82) is 0 Å². The van der Waals surface area contributed by atoms with Gasteiger partial charge in [0.25, 0.3) is 17.7 Å². The third kappa shape index (κ3) is 3.63. The number of benzene rings is 1. The quantitative estimate of drug-likeness (QED) is 0.538. The number of hydrogen-bond acceptors (Lipinski definition) is 8. The first kappa shape index (κ1) is 21.8. The number of hydrogen-bond donors (Lipinski definition) is 0. The second-order valence-corrected chi connectivity index (χ2v) is 8.45. The van der Waals surface area contributed by atoms with Gasteiger partial charge in [-0.2, -0.15) is 4.68 Å². The van der Waals surface area contributed by atoms with Gasteiger partial charge in [-0.25, -0.2) is 9.97 Å². The zero-order valence-electron chi connectivity index (χ0n) is 19.0. The summed E-state index contributed by atoms with van der Waals surface area (Å²) in [6, 6.07) is 5.97. The van der Waals surface area contributed by atoms with Gasteiger partial charge in [0.05, 0.1) is 29.4 Å². The van der Waals surface area contributed by atoms with Crippen LogP contribution in [0, 0.1) is 0 Å². The molecule has 3 atom stereocenters. The number of aromatic nitrogens is 5. The van der Waals surface area contributed by atoms with E-state index in [-0.39, 0.29) is 29.8 Å². The summed E-state index contributed by atoms with van der Waals surface area (Å²) in [7, 11) is 0. The molecule has 5 rings (SSSR count). The molecule has 1 aromatic carbocycles. The summed E-state index contributed by atoms with van der Waals surface area (Å²) in [5, 5.41) is 4.34. The Kier molecular flexibility index (Phi) is 5.40. The molecule has 0 saturated carbocycles. The van der Waals surface area contributed by atoms with Gasteiger partial charge in [0.15, 0.2) is 5.82 Å². The summed E-state index contributed by atoms with van der Waals surface area (Å²) < 4.78 is 7.04. The van der Waals surface area contributed by atoms with Crippen LogP contribution in [0.5, 0.6) is 0 Å². The van der Waals surface area contributed by atoms with E-state index in [1.807, 2.05) is 13.8 Å². The summed E-state index contributed by atoms with van der Waals surface area (Å²) in [5.74, 6) is -0.794. The molecule has 2 aliphatic rings. The third-order valence-corrected chi connectivity index (χ3v) is 5.92. The van der Waals surface area contributed by atoms with Gasteiger partial charge in [0, 0.05) is 25.5 Å². The Morgan fingerprint density at radius 2 is 1.62 bits per heavy atom. The number of rotatable bonds is 4. The molecule has 11 nitrogen and oxygen atoms in total. The lowest BCUT2D eigenvalue weighted by atomic mass is 10.1. The van der Waals surface area contributed by atoms with Crippen LogP contribution in [-0.2, 0) is 4.74 Å². The van der Waals surface area contributed by atoms with Crippen molar-refractivity contribution >= 4 is 17.7 Å². The Morgan fingerprint density at radius 1 is 1.00 bits per heavy atom. The van der Waals surface area contributed by atoms with Gasteiger partial charge in [-0.3, -0.25) is 24.3 Å². The van der Waals surface area contributed by atoms with E-state index in [2.05, 4.69) is 20.1 Å². The minimum atomic E-state index is -0.722. The van der Waals surface area contributed by atoms with Crippen LogP contribution in [0.4, 0.5) is 0 Å². The van der Waals surface area contributed by atoms with E-state index in [1.165, 1.54) is 23.4 Å². The monoisotopic (exact) mass is 461 g/mol. The third-order valence-electron chi connectivity index (χ3n) is 5.92. The van der Waals surface area contributed by atoms with Crippen molar-refractivity contribution in [3.8, 4) is 5.82 Å². The molecule has 0 spiro atoms. The molecule has 3 aromatic rings. The molecule has 4 heterocycles.